The van der Waals surface area contributed by atoms with Crippen LogP contribution in [0.15, 0.2) is 29.2 Å². The van der Waals surface area contributed by atoms with Gasteiger partial charge in [0.05, 0.1) is 37.7 Å². The monoisotopic (exact) mass is 398 g/mol. The number of quaternary nitrogens is 1. The van der Waals surface area contributed by atoms with Gasteiger partial charge in [0.25, 0.3) is 5.91 Å². The molecular weight excluding hydrogens is 370 g/mol. The number of hydrogen-bond acceptors (Lipinski definition) is 5. The summed E-state index contributed by atoms with van der Waals surface area (Å²) >= 11 is 0. The second kappa shape index (κ2) is 9.82. The maximum absolute atomic E-state index is 12.8. The van der Waals surface area contributed by atoms with Crippen molar-refractivity contribution < 1.29 is 27.6 Å². The van der Waals surface area contributed by atoms with Crippen LogP contribution in [-0.4, -0.2) is 64.1 Å². The lowest BCUT2D eigenvalue weighted by atomic mass is 10.1. The van der Waals surface area contributed by atoms with Crippen LogP contribution in [0.3, 0.4) is 0 Å². The number of carbonyl (C=O) groups is 2. The molecule has 1 saturated heterocycles. The van der Waals surface area contributed by atoms with Crippen LogP contribution in [0.2, 0.25) is 0 Å². The molecule has 1 heterocycles. The maximum atomic E-state index is 12.8. The molecule has 8 nitrogen and oxygen atoms in total. The first kappa shape index (κ1) is 21.3. The molecule has 0 aliphatic carbocycles. The predicted octanol–water partition coefficient (Wildman–Crippen LogP) is -0.199. The van der Waals surface area contributed by atoms with Crippen molar-refractivity contribution in [3.63, 3.8) is 0 Å². The summed E-state index contributed by atoms with van der Waals surface area (Å²) < 4.78 is 31.7. The van der Waals surface area contributed by atoms with Gasteiger partial charge in [0.1, 0.15) is 0 Å². The molecular formula is C18H28N3O5S+. The van der Waals surface area contributed by atoms with Gasteiger partial charge in [-0.2, -0.15) is 4.31 Å². The lowest BCUT2D eigenvalue weighted by molar-refractivity contribution is -0.895. The van der Waals surface area contributed by atoms with Gasteiger partial charge in [-0.25, -0.2) is 13.2 Å². The van der Waals surface area contributed by atoms with Crippen LogP contribution < -0.4 is 10.2 Å². The van der Waals surface area contributed by atoms with E-state index < -0.39 is 22.0 Å². The third-order valence-electron chi connectivity index (χ3n) is 4.46. The number of imide groups is 1. The summed E-state index contributed by atoms with van der Waals surface area (Å²) in [4.78, 5) is 24.3. The minimum absolute atomic E-state index is 0.110. The fourth-order valence-corrected chi connectivity index (χ4v) is 4.48. The number of nitrogens with one attached hydrogen (secondary N) is 2. The Bertz CT molecular complexity index is 741. The van der Waals surface area contributed by atoms with Crippen LogP contribution in [0, 0.1) is 0 Å². The number of amides is 2. The number of aryl methyl sites for hydroxylation is 1. The zero-order valence-corrected chi connectivity index (χ0v) is 16.7. The molecule has 2 rings (SSSR count). The minimum Gasteiger partial charge on any atom is -0.450 e. The van der Waals surface area contributed by atoms with Gasteiger partial charge in [-0.05, 0) is 31.0 Å². The van der Waals surface area contributed by atoms with Crippen LogP contribution in [0.5, 0.6) is 0 Å². The molecule has 0 saturated carbocycles. The third-order valence-corrected chi connectivity index (χ3v) is 6.37. The van der Waals surface area contributed by atoms with E-state index in [0.717, 1.165) is 23.3 Å². The molecule has 1 aromatic rings. The highest BCUT2D eigenvalue weighted by Gasteiger charge is 2.31. The van der Waals surface area contributed by atoms with E-state index in [1.807, 2.05) is 12.1 Å². The van der Waals surface area contributed by atoms with E-state index in [0.29, 0.717) is 31.1 Å². The van der Waals surface area contributed by atoms with Gasteiger partial charge >= 0.3 is 6.09 Å². The van der Waals surface area contributed by atoms with Crippen LogP contribution in [0.25, 0.3) is 0 Å². The Hall–Kier alpha value is -1.97. The molecule has 0 aromatic heterocycles. The molecule has 0 bridgehead atoms. The molecule has 0 atom stereocenters. The molecule has 2 amide bonds. The Balaban J connectivity index is 1.88. The van der Waals surface area contributed by atoms with E-state index in [1.165, 1.54) is 4.31 Å². The van der Waals surface area contributed by atoms with Crippen molar-refractivity contribution in [1.29, 1.82) is 0 Å². The van der Waals surface area contributed by atoms with E-state index in [2.05, 4.69) is 17.0 Å². The first-order valence-electron chi connectivity index (χ1n) is 9.26. The molecule has 1 aliphatic heterocycles. The second-order valence-electron chi connectivity index (χ2n) is 6.49. The van der Waals surface area contributed by atoms with Gasteiger partial charge in [-0.15, -0.1) is 0 Å². The Kier molecular flexibility index (Phi) is 7.76. The Morgan fingerprint density at radius 1 is 1.15 bits per heavy atom. The van der Waals surface area contributed by atoms with E-state index in [9.17, 15) is 18.0 Å². The van der Waals surface area contributed by atoms with Gasteiger partial charge in [0, 0.05) is 0 Å². The summed E-state index contributed by atoms with van der Waals surface area (Å²) in [6.07, 6.45) is 1.19. The number of carbonyl (C=O) groups excluding carboxylic acids is 2. The summed E-state index contributed by atoms with van der Waals surface area (Å²) in [5.74, 6) is -0.425. The molecule has 150 valence electrons. The molecule has 0 spiro atoms. The highest BCUT2D eigenvalue weighted by molar-refractivity contribution is 7.89. The lowest BCUT2D eigenvalue weighted by Crippen LogP contribution is -3.15. The molecule has 2 N–H and O–H groups in total. The molecule has 0 radical (unpaired) electrons. The molecule has 9 heteroatoms. The van der Waals surface area contributed by atoms with Gasteiger partial charge in [0.2, 0.25) is 10.0 Å². The van der Waals surface area contributed by atoms with Crippen molar-refractivity contribution >= 4 is 22.0 Å². The van der Waals surface area contributed by atoms with E-state index in [-0.39, 0.29) is 13.2 Å². The summed E-state index contributed by atoms with van der Waals surface area (Å²) in [5, 5.41) is 2.16. The number of piperazine rings is 1. The zero-order valence-electron chi connectivity index (χ0n) is 15.9. The van der Waals surface area contributed by atoms with Crippen LogP contribution in [-0.2, 0) is 26.0 Å². The van der Waals surface area contributed by atoms with Crippen molar-refractivity contribution in [3.8, 4) is 0 Å². The van der Waals surface area contributed by atoms with Gasteiger partial charge in [-0.3, -0.25) is 10.1 Å². The number of sulfonamides is 1. The maximum Gasteiger partial charge on any atom is 0.414 e. The zero-order chi connectivity index (χ0) is 19.9. The topological polar surface area (TPSA) is 97.2 Å². The van der Waals surface area contributed by atoms with Crippen LogP contribution in [0.1, 0.15) is 25.8 Å². The van der Waals surface area contributed by atoms with Crippen molar-refractivity contribution in [2.75, 3.05) is 39.3 Å². The average molecular weight is 399 g/mol. The van der Waals surface area contributed by atoms with Crippen LogP contribution in [0.4, 0.5) is 4.79 Å². The van der Waals surface area contributed by atoms with Crippen molar-refractivity contribution in [3.05, 3.63) is 29.8 Å². The highest BCUT2D eigenvalue weighted by Crippen LogP contribution is 2.17. The van der Waals surface area contributed by atoms with E-state index in [4.69, 9.17) is 0 Å². The molecule has 1 aromatic carbocycles. The number of rotatable bonds is 7. The fraction of sp³-hybridized carbons (Fsp3) is 0.556. The largest absolute Gasteiger partial charge is 0.450 e. The predicted molar refractivity (Wildman–Crippen MR) is 99.9 cm³/mol. The normalized spacial score (nSPS) is 16.1. The third kappa shape index (κ3) is 6.02. The Morgan fingerprint density at radius 2 is 1.78 bits per heavy atom. The van der Waals surface area contributed by atoms with E-state index in [1.54, 1.807) is 19.1 Å². The molecule has 1 fully saturated rings. The second-order valence-corrected chi connectivity index (χ2v) is 8.43. The standard InChI is InChI=1S/C18H27N3O5S/c1-3-5-15-6-8-16(9-7-15)27(24,25)21-12-10-20(11-13-21)14-17(22)19-18(23)26-4-2/h6-9H,3-5,10-14H2,1-2H3,(H,19,22,23)/p+1. The van der Waals surface area contributed by atoms with Gasteiger partial charge < -0.3 is 9.64 Å². The first-order chi connectivity index (χ1) is 12.9. The molecule has 27 heavy (non-hydrogen) atoms. The van der Waals surface area contributed by atoms with Gasteiger partial charge in [0.15, 0.2) is 6.54 Å². The number of nitrogens with zero attached hydrogens (tertiary/aromatic N) is 1. The van der Waals surface area contributed by atoms with Crippen molar-refractivity contribution in [1.82, 2.24) is 9.62 Å². The molecule has 0 unspecified atom stereocenters. The fourth-order valence-electron chi connectivity index (χ4n) is 3.04. The molecule has 1 aliphatic rings. The summed E-state index contributed by atoms with van der Waals surface area (Å²) in [7, 11) is -3.53. The average Bonchev–Trinajstić information content (AvgIpc) is 2.63. The van der Waals surface area contributed by atoms with Crippen LogP contribution >= 0.6 is 0 Å². The van der Waals surface area contributed by atoms with Gasteiger partial charge in [-0.1, -0.05) is 25.5 Å². The number of hydrogen-bond donors (Lipinski definition) is 2. The lowest BCUT2D eigenvalue weighted by Gasteiger charge is -2.31. The number of benzene rings is 1. The van der Waals surface area contributed by atoms with Crippen molar-refractivity contribution in [2.45, 2.75) is 31.6 Å². The summed E-state index contributed by atoms with van der Waals surface area (Å²) in [6, 6.07) is 7.04. The number of alkyl carbamates (subject to hydrolysis) is 1. The smallest absolute Gasteiger partial charge is 0.414 e. The Labute approximate surface area is 160 Å². The van der Waals surface area contributed by atoms with Crippen molar-refractivity contribution in [2.24, 2.45) is 0 Å². The number of ether oxygens (including phenoxy) is 1. The quantitative estimate of drug-likeness (QED) is 0.663. The minimum atomic E-state index is -3.53. The van der Waals surface area contributed by atoms with E-state index >= 15 is 0 Å². The summed E-state index contributed by atoms with van der Waals surface area (Å²) in [6.45, 7) is 5.72. The summed E-state index contributed by atoms with van der Waals surface area (Å²) in [5.41, 5.74) is 1.12. The highest BCUT2D eigenvalue weighted by atomic mass is 32.2. The Morgan fingerprint density at radius 3 is 2.33 bits per heavy atom. The first-order valence-corrected chi connectivity index (χ1v) is 10.7. The SMILES string of the molecule is CCCc1ccc(S(=O)(=O)N2CC[NH+](CC(=O)NC(=O)OCC)CC2)cc1.